The topological polar surface area (TPSA) is 138 Å². The Morgan fingerprint density at radius 2 is 1.07 bits per heavy atom. The highest BCUT2D eigenvalue weighted by atomic mass is 35.5. The molecule has 3 rings (SSSR count). The third-order valence-electron chi connectivity index (χ3n) is 6.54. The van der Waals surface area contributed by atoms with Gasteiger partial charge in [0.05, 0.1) is 5.02 Å². The Morgan fingerprint density at radius 3 is 1.44 bits per heavy atom. The maximum Gasteiger partial charge on any atom is 0.407 e. The van der Waals surface area contributed by atoms with Crippen molar-refractivity contribution >= 4 is 53.3 Å². The van der Waals surface area contributed by atoms with Crippen molar-refractivity contribution in [3.63, 3.8) is 0 Å². The Morgan fingerprint density at radius 1 is 0.667 bits per heavy atom. The lowest BCUT2D eigenvalue weighted by atomic mass is 10.2. The van der Waals surface area contributed by atoms with E-state index in [1.807, 2.05) is 111 Å². The van der Waals surface area contributed by atoms with Crippen molar-refractivity contribution in [2.75, 3.05) is 60.4 Å². The van der Waals surface area contributed by atoms with Gasteiger partial charge in [-0.25, -0.2) is 9.59 Å². The predicted molar refractivity (Wildman–Crippen MR) is 224 cm³/mol. The molecule has 0 aliphatic heterocycles. The number of amides is 2. The average molecular weight is 812 g/mol. The largest absolute Gasteiger partial charge is 0.444 e. The highest BCUT2D eigenvalue weighted by Gasteiger charge is 2.16. The second-order valence-corrected chi connectivity index (χ2v) is 15.3. The minimum Gasteiger partial charge on any atom is -0.444 e. The van der Waals surface area contributed by atoms with Crippen LogP contribution in [0.5, 0.6) is 0 Å². The van der Waals surface area contributed by atoms with Crippen molar-refractivity contribution in [1.29, 1.82) is 0 Å². The number of carbonyl (C=O) groups is 3. The first-order valence-corrected chi connectivity index (χ1v) is 18.8. The molecule has 0 saturated carbocycles. The number of rotatable bonds is 13. The van der Waals surface area contributed by atoms with E-state index in [9.17, 15) is 14.4 Å². The zero-order valence-electron chi connectivity index (χ0n) is 33.3. The van der Waals surface area contributed by atoms with Gasteiger partial charge in [-0.1, -0.05) is 89.4 Å². The van der Waals surface area contributed by atoms with Gasteiger partial charge in [0.2, 0.25) is 0 Å². The van der Waals surface area contributed by atoms with Crippen molar-refractivity contribution in [3.8, 4) is 0 Å². The summed E-state index contributed by atoms with van der Waals surface area (Å²) in [7, 11) is 5.85. The van der Waals surface area contributed by atoms with Gasteiger partial charge in [-0.2, -0.15) is 0 Å². The number of nitrogens with one attached hydrogen (secondary N) is 3. The number of ether oxygens (including phenoxy) is 2. The van der Waals surface area contributed by atoms with E-state index in [1.165, 1.54) is 0 Å². The van der Waals surface area contributed by atoms with Gasteiger partial charge in [0.1, 0.15) is 11.2 Å². The fraction of sp³-hybridized carbons (Fsp3) is 0.475. The van der Waals surface area contributed by atoms with Crippen LogP contribution in [0.15, 0.2) is 72.8 Å². The summed E-state index contributed by atoms with van der Waals surface area (Å²) in [5.74, 6) is 0. The van der Waals surface area contributed by atoms with Gasteiger partial charge in [0.25, 0.3) is 0 Å². The maximum atomic E-state index is 11.5. The zero-order valence-corrected chi connectivity index (χ0v) is 35.6. The third-order valence-corrected chi connectivity index (χ3v) is 7.63. The number of likely N-dealkylation sites (N-methyl/N-ethyl adjacent to an activating group) is 3. The number of alkyl carbamates (subject to hydrolysis) is 2. The van der Waals surface area contributed by atoms with Gasteiger partial charge >= 0.3 is 12.2 Å². The number of halogens is 3. The summed E-state index contributed by atoms with van der Waals surface area (Å²) in [5, 5.41) is 10.4. The van der Waals surface area contributed by atoms with Crippen LogP contribution < -0.4 is 21.7 Å². The predicted octanol–water partition coefficient (Wildman–Crippen LogP) is 7.91. The molecule has 0 bridgehead atoms. The van der Waals surface area contributed by atoms with E-state index < -0.39 is 11.2 Å². The van der Waals surface area contributed by atoms with Crippen molar-refractivity contribution in [2.45, 2.75) is 65.8 Å². The van der Waals surface area contributed by atoms with Crippen LogP contribution in [-0.2, 0) is 22.6 Å². The fourth-order valence-electron chi connectivity index (χ4n) is 4.05. The lowest BCUT2D eigenvalue weighted by Crippen LogP contribution is -2.36. The molecule has 0 heterocycles. The first kappa shape index (κ1) is 50.6. The zero-order chi connectivity index (χ0) is 41.2. The van der Waals surface area contributed by atoms with E-state index in [0.29, 0.717) is 30.2 Å². The molecular weight excluding hydrogens is 751 g/mol. The minimum absolute atomic E-state index is 0.363. The first-order valence-electron chi connectivity index (χ1n) is 17.6. The molecule has 2 amide bonds. The molecule has 0 fully saturated rings. The normalized spacial score (nSPS) is 10.8. The van der Waals surface area contributed by atoms with E-state index in [0.717, 1.165) is 60.2 Å². The van der Waals surface area contributed by atoms with Crippen molar-refractivity contribution in [1.82, 2.24) is 25.8 Å². The van der Waals surface area contributed by atoms with Crippen molar-refractivity contribution < 1.29 is 23.9 Å². The number of nitrogens with zero attached hydrogens (tertiary/aromatic N) is 2. The standard InChI is InChI=1S/C15H23ClN2O2.C10H15ClN2.C8H18N2O2.C7H5ClO/c1-15(2,3)20-14(19)17-9-10-18(4)11-12-7-5-6-8-13(12)16;1-13(7-6-12)8-9-4-2-3-5-10(9)11;1-8(2,3)12-7(11)10-6-5-9-4;8-7-4-2-1-3-6(7)5-9/h5-8H,9-11H2,1-4H3,(H,17,19);2-5H,6-8,12H2,1H3;9H,5-6H2,1-4H3,(H,10,11);1-5H. The lowest BCUT2D eigenvalue weighted by Gasteiger charge is -2.21. The molecule has 14 heteroatoms. The van der Waals surface area contributed by atoms with Crippen LogP contribution in [0.25, 0.3) is 0 Å². The molecule has 11 nitrogen and oxygen atoms in total. The van der Waals surface area contributed by atoms with Crippen molar-refractivity contribution in [3.05, 3.63) is 105 Å². The van der Waals surface area contributed by atoms with E-state index in [4.69, 9.17) is 50.0 Å². The summed E-state index contributed by atoms with van der Waals surface area (Å²) in [5.41, 5.74) is 7.34. The molecule has 54 heavy (non-hydrogen) atoms. The summed E-state index contributed by atoms with van der Waals surface area (Å²) in [6, 6.07) is 22.6. The van der Waals surface area contributed by atoms with E-state index >= 15 is 0 Å². The number of aldehydes is 1. The van der Waals surface area contributed by atoms with Gasteiger partial charge in [-0.15, -0.1) is 0 Å². The number of nitrogens with two attached hydrogens (primary N) is 1. The van der Waals surface area contributed by atoms with Crippen LogP contribution >= 0.6 is 34.8 Å². The van der Waals surface area contributed by atoms with Crippen LogP contribution in [0, 0.1) is 0 Å². The average Bonchev–Trinajstić information content (AvgIpc) is 3.07. The molecule has 302 valence electrons. The molecule has 0 atom stereocenters. The molecule has 0 radical (unpaired) electrons. The SMILES string of the molecule is CN(CCN)Cc1ccccc1Cl.CN(CCNC(=O)OC(C)(C)C)Cc1ccccc1Cl.CNCCNC(=O)OC(C)(C)C.O=Cc1ccccc1Cl. The summed E-state index contributed by atoms with van der Waals surface area (Å²) in [4.78, 5) is 36.8. The number of benzene rings is 3. The summed E-state index contributed by atoms with van der Waals surface area (Å²) in [6.07, 6.45) is -0.0103. The maximum absolute atomic E-state index is 11.5. The van der Waals surface area contributed by atoms with Gasteiger partial charge in [-0.3, -0.25) is 4.79 Å². The Labute approximate surface area is 338 Å². The third kappa shape index (κ3) is 27.2. The molecule has 0 aromatic heterocycles. The summed E-state index contributed by atoms with van der Waals surface area (Å²) >= 11 is 17.7. The first-order chi connectivity index (χ1) is 25.3. The molecule has 0 aliphatic rings. The monoisotopic (exact) mass is 810 g/mol. The quantitative estimate of drug-likeness (QED) is 0.100. The summed E-state index contributed by atoms with van der Waals surface area (Å²) in [6.45, 7) is 16.8. The molecule has 0 saturated heterocycles. The van der Waals surface area contributed by atoms with Gasteiger partial charge in [-0.05, 0) is 92.0 Å². The summed E-state index contributed by atoms with van der Waals surface area (Å²) < 4.78 is 10.2. The molecular formula is C40H61Cl3N6O5. The minimum atomic E-state index is -0.465. The Kier molecular flexibility index (Phi) is 26.3. The highest BCUT2D eigenvalue weighted by Crippen LogP contribution is 2.17. The smallest absolute Gasteiger partial charge is 0.407 e. The second kappa shape index (κ2) is 28.1. The molecule has 0 unspecified atom stereocenters. The van der Waals surface area contributed by atoms with Crippen LogP contribution in [0.4, 0.5) is 9.59 Å². The number of carbonyl (C=O) groups excluding carboxylic acids is 3. The van der Waals surface area contributed by atoms with E-state index in [2.05, 4.69) is 25.8 Å². The van der Waals surface area contributed by atoms with E-state index in [-0.39, 0.29) is 12.2 Å². The van der Waals surface area contributed by atoms with Crippen molar-refractivity contribution in [2.24, 2.45) is 5.73 Å². The number of hydrogen-bond donors (Lipinski definition) is 4. The number of hydrogen-bond acceptors (Lipinski definition) is 9. The van der Waals surface area contributed by atoms with Crippen LogP contribution in [0.3, 0.4) is 0 Å². The van der Waals surface area contributed by atoms with Crippen LogP contribution in [-0.4, -0.2) is 99.9 Å². The van der Waals surface area contributed by atoms with Gasteiger partial charge in [0.15, 0.2) is 6.29 Å². The second-order valence-electron chi connectivity index (χ2n) is 14.0. The molecule has 0 spiro atoms. The Bertz CT molecular complexity index is 1500. The van der Waals surface area contributed by atoms with Gasteiger partial charge < -0.3 is 41.0 Å². The Balaban J connectivity index is 0.000000725. The molecule has 0 aliphatic carbocycles. The Hall–Kier alpha value is -3.42. The highest BCUT2D eigenvalue weighted by molar-refractivity contribution is 6.33. The fourth-order valence-corrected chi connectivity index (χ4v) is 4.62. The van der Waals surface area contributed by atoms with Crippen LogP contribution in [0.1, 0.15) is 63.0 Å². The molecule has 3 aromatic carbocycles. The van der Waals surface area contributed by atoms with E-state index in [1.54, 1.807) is 24.3 Å². The lowest BCUT2D eigenvalue weighted by molar-refractivity contribution is 0.0514. The van der Waals surface area contributed by atoms with Crippen LogP contribution in [0.2, 0.25) is 15.1 Å². The molecule has 5 N–H and O–H groups in total. The van der Waals surface area contributed by atoms with Gasteiger partial charge in [0, 0.05) is 68.0 Å². The molecule has 3 aromatic rings.